The second-order valence-electron chi connectivity index (χ2n) is 2.85. The van der Waals surface area contributed by atoms with Crippen molar-refractivity contribution in [2.24, 2.45) is 0 Å². The summed E-state index contributed by atoms with van der Waals surface area (Å²) in [7, 11) is 0. The van der Waals surface area contributed by atoms with Crippen molar-refractivity contribution in [1.29, 1.82) is 0 Å². The lowest BCUT2D eigenvalue weighted by Gasteiger charge is -2.05. The number of hydrogen-bond acceptors (Lipinski definition) is 2. The Balaban J connectivity index is 2.57. The van der Waals surface area contributed by atoms with Crippen molar-refractivity contribution in [1.82, 2.24) is 4.98 Å². The third-order valence-corrected chi connectivity index (χ3v) is 2.40. The average Bonchev–Trinajstić information content (AvgIpc) is 2.03. The van der Waals surface area contributed by atoms with Crippen LogP contribution in [0, 0.1) is 0 Å². The van der Waals surface area contributed by atoms with E-state index in [0.29, 0.717) is 0 Å². The summed E-state index contributed by atoms with van der Waals surface area (Å²) in [5, 5.41) is 9.07. The van der Waals surface area contributed by atoms with Crippen LogP contribution < -0.4 is 0 Å². The van der Waals surface area contributed by atoms with Crippen LogP contribution >= 0.6 is 15.9 Å². The fourth-order valence-electron chi connectivity index (χ4n) is 0.971. The molecule has 3 heteroatoms. The molecule has 0 aliphatic rings. The van der Waals surface area contributed by atoms with Crippen LogP contribution in [0.2, 0.25) is 0 Å². The number of halogens is 1. The molecule has 0 aromatic carbocycles. The zero-order valence-corrected chi connectivity index (χ0v) is 8.58. The van der Waals surface area contributed by atoms with E-state index in [1.807, 2.05) is 6.07 Å². The predicted octanol–water partition coefficient (Wildman–Crippen LogP) is 2.16. The molecule has 1 heterocycles. The fraction of sp³-hybridized carbons (Fsp3) is 0.444. The Labute approximate surface area is 80.8 Å². The number of aryl methyl sites for hydroxylation is 1. The van der Waals surface area contributed by atoms with Crippen LogP contribution in [-0.4, -0.2) is 16.2 Å². The molecule has 0 unspecified atom stereocenters. The SMILES string of the molecule is C[C@@H](O)CCc1ccncc1Br. The van der Waals surface area contributed by atoms with Gasteiger partial charge in [-0.3, -0.25) is 4.98 Å². The third-order valence-electron chi connectivity index (χ3n) is 1.69. The first-order valence-corrected chi connectivity index (χ1v) is 4.76. The smallest absolute Gasteiger partial charge is 0.0515 e. The van der Waals surface area contributed by atoms with Crippen LogP contribution in [0.25, 0.3) is 0 Å². The molecule has 0 spiro atoms. The first-order valence-electron chi connectivity index (χ1n) is 3.96. The summed E-state index contributed by atoms with van der Waals surface area (Å²) < 4.78 is 1.02. The maximum Gasteiger partial charge on any atom is 0.0515 e. The molecule has 66 valence electrons. The number of hydrogen-bond donors (Lipinski definition) is 1. The molecule has 0 fully saturated rings. The molecule has 0 aliphatic carbocycles. The van der Waals surface area contributed by atoms with E-state index in [4.69, 9.17) is 5.11 Å². The molecule has 1 atom stereocenters. The van der Waals surface area contributed by atoms with Gasteiger partial charge in [0, 0.05) is 16.9 Å². The molecule has 0 amide bonds. The summed E-state index contributed by atoms with van der Waals surface area (Å²) in [5.74, 6) is 0. The number of aromatic nitrogens is 1. The standard InChI is InChI=1S/C9H12BrNO/c1-7(12)2-3-8-4-5-11-6-9(8)10/h4-7,12H,2-3H2,1H3/t7-/m1/s1. The Hall–Kier alpha value is -0.410. The minimum atomic E-state index is -0.231. The van der Waals surface area contributed by atoms with Gasteiger partial charge in [0.05, 0.1) is 6.10 Å². The number of aliphatic hydroxyl groups is 1. The molecule has 0 saturated carbocycles. The second-order valence-corrected chi connectivity index (χ2v) is 3.71. The molecule has 0 bridgehead atoms. The van der Waals surface area contributed by atoms with E-state index in [-0.39, 0.29) is 6.10 Å². The monoisotopic (exact) mass is 229 g/mol. The van der Waals surface area contributed by atoms with Gasteiger partial charge in [-0.2, -0.15) is 0 Å². The van der Waals surface area contributed by atoms with Crippen molar-refractivity contribution in [3.05, 3.63) is 28.5 Å². The molecular weight excluding hydrogens is 218 g/mol. The molecule has 1 aromatic heterocycles. The summed E-state index contributed by atoms with van der Waals surface area (Å²) in [6, 6.07) is 1.96. The molecule has 1 rings (SSSR count). The maximum absolute atomic E-state index is 9.07. The van der Waals surface area contributed by atoms with E-state index >= 15 is 0 Å². The van der Waals surface area contributed by atoms with Crippen LogP contribution in [0.3, 0.4) is 0 Å². The highest BCUT2D eigenvalue weighted by atomic mass is 79.9. The van der Waals surface area contributed by atoms with Gasteiger partial charge >= 0.3 is 0 Å². The molecule has 1 aromatic rings. The van der Waals surface area contributed by atoms with Crippen molar-refractivity contribution in [2.45, 2.75) is 25.9 Å². The Morgan fingerprint density at radius 3 is 3.00 bits per heavy atom. The molecule has 0 aliphatic heterocycles. The normalized spacial score (nSPS) is 12.9. The largest absolute Gasteiger partial charge is 0.393 e. The summed E-state index contributed by atoms with van der Waals surface area (Å²) in [6.45, 7) is 1.80. The topological polar surface area (TPSA) is 33.1 Å². The quantitative estimate of drug-likeness (QED) is 0.863. The van der Waals surface area contributed by atoms with Crippen molar-refractivity contribution < 1.29 is 5.11 Å². The van der Waals surface area contributed by atoms with Gasteiger partial charge in [-0.1, -0.05) is 0 Å². The summed E-state index contributed by atoms with van der Waals surface area (Å²) in [6.07, 6.45) is 4.99. The number of aliphatic hydroxyl groups excluding tert-OH is 1. The van der Waals surface area contributed by atoms with Crippen molar-refractivity contribution in [2.75, 3.05) is 0 Å². The van der Waals surface area contributed by atoms with E-state index in [9.17, 15) is 0 Å². The Morgan fingerprint density at radius 2 is 2.42 bits per heavy atom. The number of pyridine rings is 1. The van der Waals surface area contributed by atoms with Gasteiger partial charge in [-0.05, 0) is 47.3 Å². The Bertz CT molecular complexity index is 250. The second kappa shape index (κ2) is 4.58. The summed E-state index contributed by atoms with van der Waals surface area (Å²) in [4.78, 5) is 3.96. The van der Waals surface area contributed by atoms with Gasteiger partial charge in [0.1, 0.15) is 0 Å². The van der Waals surface area contributed by atoms with Gasteiger partial charge in [-0.15, -0.1) is 0 Å². The van der Waals surface area contributed by atoms with Gasteiger partial charge in [0.15, 0.2) is 0 Å². The van der Waals surface area contributed by atoms with Crippen LogP contribution in [0.1, 0.15) is 18.9 Å². The third kappa shape index (κ3) is 2.91. The van der Waals surface area contributed by atoms with Crippen LogP contribution in [0.15, 0.2) is 22.9 Å². The average molecular weight is 230 g/mol. The predicted molar refractivity (Wildman–Crippen MR) is 51.9 cm³/mol. The van der Waals surface area contributed by atoms with E-state index in [1.165, 1.54) is 5.56 Å². The first kappa shape index (κ1) is 9.68. The minimum Gasteiger partial charge on any atom is -0.393 e. The number of rotatable bonds is 3. The zero-order valence-electron chi connectivity index (χ0n) is 7.00. The van der Waals surface area contributed by atoms with Crippen LogP contribution in [0.5, 0.6) is 0 Å². The lowest BCUT2D eigenvalue weighted by atomic mass is 10.1. The first-order chi connectivity index (χ1) is 5.70. The van der Waals surface area contributed by atoms with Gasteiger partial charge in [-0.25, -0.2) is 0 Å². The van der Waals surface area contributed by atoms with Crippen molar-refractivity contribution in [3.8, 4) is 0 Å². The van der Waals surface area contributed by atoms with Gasteiger partial charge in [0.2, 0.25) is 0 Å². The van der Waals surface area contributed by atoms with Gasteiger partial charge in [0.25, 0.3) is 0 Å². The highest BCUT2D eigenvalue weighted by Gasteiger charge is 2.01. The lowest BCUT2D eigenvalue weighted by Crippen LogP contribution is -2.01. The minimum absolute atomic E-state index is 0.231. The summed E-state index contributed by atoms with van der Waals surface area (Å²) >= 11 is 3.40. The van der Waals surface area contributed by atoms with Crippen molar-refractivity contribution >= 4 is 15.9 Å². The Kier molecular flexibility index (Phi) is 3.69. The molecule has 12 heavy (non-hydrogen) atoms. The molecular formula is C9H12BrNO. The zero-order chi connectivity index (χ0) is 8.97. The van der Waals surface area contributed by atoms with Crippen LogP contribution in [0.4, 0.5) is 0 Å². The molecule has 0 saturated heterocycles. The molecule has 1 N–H and O–H groups in total. The summed E-state index contributed by atoms with van der Waals surface area (Å²) in [5.41, 5.74) is 1.20. The fourth-order valence-corrected chi connectivity index (χ4v) is 1.42. The molecule has 2 nitrogen and oxygen atoms in total. The maximum atomic E-state index is 9.07. The van der Waals surface area contributed by atoms with Crippen molar-refractivity contribution in [3.63, 3.8) is 0 Å². The van der Waals surface area contributed by atoms with Gasteiger partial charge < -0.3 is 5.11 Å². The van der Waals surface area contributed by atoms with Crippen LogP contribution in [-0.2, 0) is 6.42 Å². The molecule has 0 radical (unpaired) electrons. The van der Waals surface area contributed by atoms with E-state index in [1.54, 1.807) is 19.3 Å². The van der Waals surface area contributed by atoms with E-state index in [2.05, 4.69) is 20.9 Å². The van der Waals surface area contributed by atoms with E-state index < -0.39 is 0 Å². The highest BCUT2D eigenvalue weighted by Crippen LogP contribution is 2.16. The highest BCUT2D eigenvalue weighted by molar-refractivity contribution is 9.10. The number of nitrogens with zero attached hydrogens (tertiary/aromatic N) is 1. The Morgan fingerprint density at radius 1 is 1.67 bits per heavy atom. The lowest BCUT2D eigenvalue weighted by molar-refractivity contribution is 0.185. The van der Waals surface area contributed by atoms with E-state index in [0.717, 1.165) is 17.3 Å².